The van der Waals surface area contributed by atoms with Gasteiger partial charge in [-0.05, 0) is 38.9 Å². The Morgan fingerprint density at radius 2 is 1.73 bits per heavy atom. The minimum Gasteiger partial charge on any atom is -0.353 e. The van der Waals surface area contributed by atoms with E-state index in [1.165, 1.54) is 0 Å². The molecule has 2 heterocycles. The molecular formula is C10H20ClN3O. The van der Waals surface area contributed by atoms with Crippen molar-refractivity contribution in [2.45, 2.75) is 25.3 Å². The normalized spacial score (nSPS) is 27.1. The van der Waals surface area contributed by atoms with Crippen LogP contribution >= 0.6 is 12.4 Å². The SMILES string of the molecule is Cl.O=C(NC1CCNCC1)C1CCNC1. The molecule has 0 radical (unpaired) electrons. The summed E-state index contributed by atoms with van der Waals surface area (Å²) in [5.41, 5.74) is 0. The molecule has 4 nitrogen and oxygen atoms in total. The fourth-order valence-corrected chi connectivity index (χ4v) is 2.16. The number of piperidine rings is 1. The maximum atomic E-state index is 11.7. The topological polar surface area (TPSA) is 53.2 Å². The highest BCUT2D eigenvalue weighted by Gasteiger charge is 2.24. The predicted molar refractivity (Wildman–Crippen MR) is 62.3 cm³/mol. The van der Waals surface area contributed by atoms with Crippen LogP contribution in [0, 0.1) is 5.92 Å². The Morgan fingerprint density at radius 3 is 2.33 bits per heavy atom. The van der Waals surface area contributed by atoms with E-state index in [2.05, 4.69) is 16.0 Å². The van der Waals surface area contributed by atoms with Gasteiger partial charge in [-0.3, -0.25) is 4.79 Å². The van der Waals surface area contributed by atoms with E-state index in [0.29, 0.717) is 6.04 Å². The van der Waals surface area contributed by atoms with Gasteiger partial charge in [-0.2, -0.15) is 0 Å². The van der Waals surface area contributed by atoms with Crippen molar-refractivity contribution in [3.8, 4) is 0 Å². The Labute approximate surface area is 97.0 Å². The van der Waals surface area contributed by atoms with E-state index < -0.39 is 0 Å². The third-order valence-corrected chi connectivity index (χ3v) is 3.12. The summed E-state index contributed by atoms with van der Waals surface area (Å²) in [6, 6.07) is 0.407. The lowest BCUT2D eigenvalue weighted by atomic mass is 10.0. The van der Waals surface area contributed by atoms with Gasteiger partial charge in [0.2, 0.25) is 5.91 Å². The maximum absolute atomic E-state index is 11.7. The second-order valence-electron chi connectivity index (χ2n) is 4.22. The first-order chi connectivity index (χ1) is 6.86. The van der Waals surface area contributed by atoms with Crippen molar-refractivity contribution >= 4 is 18.3 Å². The van der Waals surface area contributed by atoms with E-state index in [1.54, 1.807) is 0 Å². The third kappa shape index (κ3) is 3.63. The highest BCUT2D eigenvalue weighted by Crippen LogP contribution is 2.09. The molecule has 1 amide bonds. The molecule has 15 heavy (non-hydrogen) atoms. The summed E-state index contributed by atoms with van der Waals surface area (Å²) in [5.74, 6) is 0.465. The molecule has 0 aliphatic carbocycles. The van der Waals surface area contributed by atoms with Crippen molar-refractivity contribution in [2.75, 3.05) is 26.2 Å². The molecule has 5 heteroatoms. The Balaban J connectivity index is 0.00000112. The van der Waals surface area contributed by atoms with Crippen LogP contribution in [0.25, 0.3) is 0 Å². The van der Waals surface area contributed by atoms with Crippen LogP contribution in [-0.2, 0) is 4.79 Å². The highest BCUT2D eigenvalue weighted by molar-refractivity contribution is 5.85. The average Bonchev–Trinajstić information content (AvgIpc) is 2.72. The molecule has 3 N–H and O–H groups in total. The van der Waals surface area contributed by atoms with Gasteiger partial charge in [0.1, 0.15) is 0 Å². The van der Waals surface area contributed by atoms with Gasteiger partial charge in [0.05, 0.1) is 5.92 Å². The van der Waals surface area contributed by atoms with Gasteiger partial charge in [0.25, 0.3) is 0 Å². The standard InChI is InChI=1S/C10H19N3O.ClH/c14-10(8-1-4-12-7-8)13-9-2-5-11-6-3-9;/h8-9,11-12H,1-7H2,(H,13,14);1H. The summed E-state index contributed by atoms with van der Waals surface area (Å²) in [4.78, 5) is 11.7. The van der Waals surface area contributed by atoms with Crippen molar-refractivity contribution in [1.82, 2.24) is 16.0 Å². The lowest BCUT2D eigenvalue weighted by molar-refractivity contribution is -0.125. The predicted octanol–water partition coefficient (Wildman–Crippen LogP) is -0.114. The van der Waals surface area contributed by atoms with Crippen LogP contribution in [-0.4, -0.2) is 38.1 Å². The number of amides is 1. The molecule has 0 bridgehead atoms. The summed E-state index contributed by atoms with van der Waals surface area (Å²) in [6.07, 6.45) is 3.15. The minimum absolute atomic E-state index is 0. The number of hydrogen-bond donors (Lipinski definition) is 3. The lowest BCUT2D eigenvalue weighted by Gasteiger charge is -2.24. The van der Waals surface area contributed by atoms with E-state index >= 15 is 0 Å². The molecule has 88 valence electrons. The van der Waals surface area contributed by atoms with Gasteiger partial charge in [-0.15, -0.1) is 12.4 Å². The smallest absolute Gasteiger partial charge is 0.224 e. The maximum Gasteiger partial charge on any atom is 0.224 e. The number of carbonyl (C=O) groups excluding carboxylic acids is 1. The number of nitrogens with one attached hydrogen (secondary N) is 3. The Kier molecular flexibility index (Phi) is 5.36. The van der Waals surface area contributed by atoms with Gasteiger partial charge in [-0.1, -0.05) is 0 Å². The molecule has 2 aliphatic rings. The van der Waals surface area contributed by atoms with Crippen molar-refractivity contribution in [1.29, 1.82) is 0 Å². The minimum atomic E-state index is 0. The van der Waals surface area contributed by atoms with Crippen molar-refractivity contribution in [2.24, 2.45) is 5.92 Å². The first-order valence-corrected chi connectivity index (χ1v) is 5.58. The molecule has 2 fully saturated rings. The molecule has 2 rings (SSSR count). The van der Waals surface area contributed by atoms with Crippen LogP contribution in [0.3, 0.4) is 0 Å². The van der Waals surface area contributed by atoms with E-state index in [4.69, 9.17) is 0 Å². The molecule has 0 aromatic rings. The first kappa shape index (κ1) is 12.7. The van der Waals surface area contributed by atoms with E-state index in [0.717, 1.165) is 45.4 Å². The molecular weight excluding hydrogens is 214 g/mol. The fourth-order valence-electron chi connectivity index (χ4n) is 2.16. The summed E-state index contributed by atoms with van der Waals surface area (Å²) in [6.45, 7) is 3.92. The Morgan fingerprint density at radius 1 is 1.07 bits per heavy atom. The van der Waals surface area contributed by atoms with Gasteiger partial charge >= 0.3 is 0 Å². The number of halogens is 1. The highest BCUT2D eigenvalue weighted by atomic mass is 35.5. The molecule has 2 aliphatic heterocycles. The van der Waals surface area contributed by atoms with E-state index in [9.17, 15) is 4.79 Å². The molecule has 1 unspecified atom stereocenters. The van der Waals surface area contributed by atoms with Gasteiger partial charge < -0.3 is 16.0 Å². The summed E-state index contributed by atoms with van der Waals surface area (Å²) < 4.78 is 0. The number of rotatable bonds is 2. The van der Waals surface area contributed by atoms with Crippen LogP contribution in [0.15, 0.2) is 0 Å². The lowest BCUT2D eigenvalue weighted by Crippen LogP contribution is -2.45. The molecule has 0 saturated carbocycles. The largest absolute Gasteiger partial charge is 0.353 e. The van der Waals surface area contributed by atoms with Gasteiger partial charge in [0.15, 0.2) is 0 Å². The van der Waals surface area contributed by atoms with Crippen molar-refractivity contribution in [3.05, 3.63) is 0 Å². The average molecular weight is 234 g/mol. The van der Waals surface area contributed by atoms with Crippen LogP contribution < -0.4 is 16.0 Å². The zero-order valence-electron chi connectivity index (χ0n) is 8.92. The van der Waals surface area contributed by atoms with Gasteiger partial charge in [-0.25, -0.2) is 0 Å². The van der Waals surface area contributed by atoms with Crippen LogP contribution in [0.1, 0.15) is 19.3 Å². The number of hydrogen-bond acceptors (Lipinski definition) is 3. The molecule has 2 saturated heterocycles. The van der Waals surface area contributed by atoms with Crippen LogP contribution in [0.4, 0.5) is 0 Å². The zero-order valence-corrected chi connectivity index (χ0v) is 9.74. The van der Waals surface area contributed by atoms with Crippen molar-refractivity contribution in [3.63, 3.8) is 0 Å². The van der Waals surface area contributed by atoms with Crippen LogP contribution in [0.5, 0.6) is 0 Å². The van der Waals surface area contributed by atoms with E-state index in [1.807, 2.05) is 0 Å². The molecule has 0 aromatic carbocycles. The second-order valence-corrected chi connectivity index (χ2v) is 4.22. The van der Waals surface area contributed by atoms with E-state index in [-0.39, 0.29) is 24.2 Å². The first-order valence-electron chi connectivity index (χ1n) is 5.58. The quantitative estimate of drug-likeness (QED) is 0.624. The third-order valence-electron chi connectivity index (χ3n) is 3.12. The summed E-state index contributed by atoms with van der Waals surface area (Å²) in [5, 5.41) is 9.65. The zero-order chi connectivity index (χ0) is 9.80. The summed E-state index contributed by atoms with van der Waals surface area (Å²) in [7, 11) is 0. The number of carbonyl (C=O) groups is 1. The Hall–Kier alpha value is -0.320. The monoisotopic (exact) mass is 233 g/mol. The van der Waals surface area contributed by atoms with Gasteiger partial charge in [0, 0.05) is 12.6 Å². The fraction of sp³-hybridized carbons (Fsp3) is 0.900. The van der Waals surface area contributed by atoms with Crippen molar-refractivity contribution < 1.29 is 4.79 Å². The summed E-state index contributed by atoms with van der Waals surface area (Å²) >= 11 is 0. The molecule has 1 atom stereocenters. The second kappa shape index (κ2) is 6.30. The van der Waals surface area contributed by atoms with Crippen LogP contribution in [0.2, 0.25) is 0 Å². The molecule has 0 spiro atoms. The Bertz CT molecular complexity index is 201. The molecule has 0 aromatic heterocycles.